The standard InChI is InChI=1S/C16H21F2N3O4/c1-4-21(14(23)10-20(3)16(24)25-5-2)9-13(22)19-15-11(17)7-6-8-12(15)18/h6-8H,4-5,9-10H2,1-3H3,(H,19,22). The fourth-order valence-corrected chi connectivity index (χ4v) is 1.95. The number of benzene rings is 1. The van der Waals surface area contributed by atoms with Crippen LogP contribution >= 0.6 is 0 Å². The van der Waals surface area contributed by atoms with E-state index in [9.17, 15) is 23.2 Å². The predicted molar refractivity (Wildman–Crippen MR) is 86.9 cm³/mol. The van der Waals surface area contributed by atoms with E-state index in [1.807, 2.05) is 0 Å². The van der Waals surface area contributed by atoms with Gasteiger partial charge in [-0.1, -0.05) is 6.07 Å². The highest BCUT2D eigenvalue weighted by atomic mass is 19.1. The minimum Gasteiger partial charge on any atom is -0.450 e. The van der Waals surface area contributed by atoms with Crippen LogP contribution in [0.2, 0.25) is 0 Å². The number of nitrogens with zero attached hydrogens (tertiary/aromatic N) is 2. The van der Waals surface area contributed by atoms with Gasteiger partial charge in [0, 0.05) is 13.6 Å². The number of hydrogen-bond acceptors (Lipinski definition) is 4. The second-order valence-corrected chi connectivity index (χ2v) is 5.11. The maximum absolute atomic E-state index is 13.5. The Morgan fingerprint density at radius 2 is 1.72 bits per heavy atom. The minimum absolute atomic E-state index is 0.172. The van der Waals surface area contributed by atoms with Gasteiger partial charge in [-0.05, 0) is 26.0 Å². The van der Waals surface area contributed by atoms with Crippen LogP contribution in [0.3, 0.4) is 0 Å². The summed E-state index contributed by atoms with van der Waals surface area (Å²) in [4.78, 5) is 37.9. The molecule has 0 aliphatic carbocycles. The molecule has 0 aliphatic rings. The van der Waals surface area contributed by atoms with Gasteiger partial charge >= 0.3 is 6.09 Å². The number of ether oxygens (including phenoxy) is 1. The summed E-state index contributed by atoms with van der Waals surface area (Å²) in [7, 11) is 1.39. The molecule has 0 aromatic heterocycles. The molecular weight excluding hydrogens is 336 g/mol. The number of halogens is 2. The van der Waals surface area contributed by atoms with Crippen molar-refractivity contribution in [3.63, 3.8) is 0 Å². The molecule has 25 heavy (non-hydrogen) atoms. The molecule has 138 valence electrons. The first-order valence-corrected chi connectivity index (χ1v) is 7.69. The lowest BCUT2D eigenvalue weighted by molar-refractivity contribution is -0.135. The molecule has 1 aromatic rings. The highest BCUT2D eigenvalue weighted by Crippen LogP contribution is 2.17. The number of rotatable bonds is 7. The molecule has 0 atom stereocenters. The van der Waals surface area contributed by atoms with E-state index >= 15 is 0 Å². The molecule has 7 nitrogen and oxygen atoms in total. The largest absolute Gasteiger partial charge is 0.450 e. The first-order valence-electron chi connectivity index (χ1n) is 7.69. The summed E-state index contributed by atoms with van der Waals surface area (Å²) in [5.41, 5.74) is -0.570. The van der Waals surface area contributed by atoms with Gasteiger partial charge < -0.3 is 19.9 Å². The Labute approximate surface area is 144 Å². The number of amides is 3. The molecule has 0 aliphatic heterocycles. The Bertz CT molecular complexity index is 620. The van der Waals surface area contributed by atoms with E-state index in [-0.39, 0.29) is 19.7 Å². The average molecular weight is 357 g/mol. The van der Waals surface area contributed by atoms with Crippen molar-refractivity contribution in [1.29, 1.82) is 0 Å². The summed E-state index contributed by atoms with van der Waals surface area (Å²) in [5.74, 6) is -3.07. The lowest BCUT2D eigenvalue weighted by Gasteiger charge is -2.23. The van der Waals surface area contributed by atoms with Crippen molar-refractivity contribution in [2.75, 3.05) is 38.6 Å². The molecule has 0 heterocycles. The summed E-state index contributed by atoms with van der Waals surface area (Å²) in [6.07, 6.45) is -0.662. The molecule has 3 amide bonds. The summed E-state index contributed by atoms with van der Waals surface area (Å²) in [5, 5.41) is 2.11. The maximum atomic E-state index is 13.5. The Hall–Kier alpha value is -2.71. The molecule has 0 spiro atoms. The van der Waals surface area contributed by atoms with Crippen molar-refractivity contribution in [1.82, 2.24) is 9.80 Å². The predicted octanol–water partition coefficient (Wildman–Crippen LogP) is 1.84. The number of anilines is 1. The van der Waals surface area contributed by atoms with Gasteiger partial charge in [-0.3, -0.25) is 9.59 Å². The number of carbonyl (C=O) groups is 3. The Morgan fingerprint density at radius 3 is 2.24 bits per heavy atom. The third kappa shape index (κ3) is 6.02. The third-order valence-electron chi connectivity index (χ3n) is 3.25. The molecule has 1 N–H and O–H groups in total. The van der Waals surface area contributed by atoms with Gasteiger partial charge in [-0.15, -0.1) is 0 Å². The van der Waals surface area contributed by atoms with Crippen molar-refractivity contribution in [3.8, 4) is 0 Å². The maximum Gasteiger partial charge on any atom is 0.409 e. The zero-order chi connectivity index (χ0) is 19.0. The van der Waals surface area contributed by atoms with Crippen LogP contribution in [-0.4, -0.2) is 61.0 Å². The van der Waals surface area contributed by atoms with E-state index in [0.29, 0.717) is 0 Å². The van der Waals surface area contributed by atoms with Crippen LogP contribution in [0.4, 0.5) is 19.3 Å². The van der Waals surface area contributed by atoms with Crippen LogP contribution in [-0.2, 0) is 14.3 Å². The third-order valence-corrected chi connectivity index (χ3v) is 3.25. The number of nitrogens with one attached hydrogen (secondary N) is 1. The fraction of sp³-hybridized carbons (Fsp3) is 0.438. The van der Waals surface area contributed by atoms with E-state index in [4.69, 9.17) is 4.74 Å². The van der Waals surface area contributed by atoms with Gasteiger partial charge in [0.2, 0.25) is 11.8 Å². The number of hydrogen-bond donors (Lipinski definition) is 1. The summed E-state index contributed by atoms with van der Waals surface area (Å²) in [6.45, 7) is 2.94. The van der Waals surface area contributed by atoms with Crippen molar-refractivity contribution in [2.45, 2.75) is 13.8 Å². The SMILES string of the molecule is CCOC(=O)N(C)CC(=O)N(CC)CC(=O)Nc1c(F)cccc1F. The van der Waals surface area contributed by atoms with E-state index in [1.165, 1.54) is 13.1 Å². The van der Waals surface area contributed by atoms with E-state index in [2.05, 4.69) is 5.32 Å². The van der Waals surface area contributed by atoms with Gasteiger partial charge in [0.15, 0.2) is 0 Å². The van der Waals surface area contributed by atoms with Crippen LogP contribution in [0, 0.1) is 11.6 Å². The number of likely N-dealkylation sites (N-methyl/N-ethyl adjacent to an activating group) is 2. The number of carbonyl (C=O) groups excluding carboxylic acids is 3. The summed E-state index contributed by atoms with van der Waals surface area (Å²) >= 11 is 0. The molecule has 9 heteroatoms. The first kappa shape index (κ1) is 20.3. The Morgan fingerprint density at radius 1 is 1.12 bits per heavy atom. The van der Waals surface area contributed by atoms with E-state index in [1.54, 1.807) is 13.8 Å². The van der Waals surface area contributed by atoms with Crippen molar-refractivity contribution in [2.24, 2.45) is 0 Å². The highest BCUT2D eigenvalue weighted by molar-refractivity contribution is 5.95. The van der Waals surface area contributed by atoms with Crippen LogP contribution in [0.15, 0.2) is 18.2 Å². The summed E-state index contributed by atoms with van der Waals surface area (Å²) < 4.78 is 31.8. The normalized spacial score (nSPS) is 10.1. The van der Waals surface area contributed by atoms with Crippen LogP contribution in [0.1, 0.15) is 13.8 Å². The molecule has 1 rings (SSSR count). The van der Waals surface area contributed by atoms with Gasteiger partial charge in [-0.2, -0.15) is 0 Å². The van der Waals surface area contributed by atoms with Crippen LogP contribution in [0.5, 0.6) is 0 Å². The second-order valence-electron chi connectivity index (χ2n) is 5.11. The number of para-hydroxylation sites is 1. The molecule has 0 saturated carbocycles. The van der Waals surface area contributed by atoms with Crippen LogP contribution < -0.4 is 5.32 Å². The zero-order valence-electron chi connectivity index (χ0n) is 14.3. The zero-order valence-corrected chi connectivity index (χ0v) is 14.3. The monoisotopic (exact) mass is 357 g/mol. The van der Waals surface area contributed by atoms with Crippen LogP contribution in [0.25, 0.3) is 0 Å². The Balaban J connectivity index is 2.66. The topological polar surface area (TPSA) is 79.0 Å². The molecule has 0 radical (unpaired) electrons. The quantitative estimate of drug-likeness (QED) is 0.808. The average Bonchev–Trinajstić information content (AvgIpc) is 2.56. The van der Waals surface area contributed by atoms with Crippen molar-refractivity contribution in [3.05, 3.63) is 29.8 Å². The highest BCUT2D eigenvalue weighted by Gasteiger charge is 2.21. The first-order chi connectivity index (χ1) is 11.8. The molecular formula is C16H21F2N3O4. The summed E-state index contributed by atoms with van der Waals surface area (Å²) in [6, 6.07) is 3.19. The van der Waals surface area contributed by atoms with Gasteiger partial charge in [0.05, 0.1) is 13.2 Å². The minimum atomic E-state index is -0.912. The van der Waals surface area contributed by atoms with E-state index < -0.39 is 41.8 Å². The smallest absolute Gasteiger partial charge is 0.409 e. The van der Waals surface area contributed by atoms with Gasteiger partial charge in [0.25, 0.3) is 0 Å². The fourth-order valence-electron chi connectivity index (χ4n) is 1.95. The van der Waals surface area contributed by atoms with Crippen molar-refractivity contribution < 1.29 is 27.9 Å². The molecule has 0 bridgehead atoms. The van der Waals surface area contributed by atoms with Crippen molar-refractivity contribution >= 4 is 23.6 Å². The lowest BCUT2D eigenvalue weighted by atomic mass is 10.3. The van der Waals surface area contributed by atoms with E-state index in [0.717, 1.165) is 21.9 Å². The molecule has 0 saturated heterocycles. The lowest BCUT2D eigenvalue weighted by Crippen LogP contribution is -2.44. The molecule has 0 unspecified atom stereocenters. The molecule has 1 aromatic carbocycles. The van der Waals surface area contributed by atoms with Gasteiger partial charge in [0.1, 0.15) is 23.9 Å². The molecule has 0 fully saturated rings. The second kappa shape index (κ2) is 9.55. The Kier molecular flexibility index (Phi) is 7.77. The van der Waals surface area contributed by atoms with Gasteiger partial charge in [-0.25, -0.2) is 13.6 Å².